The lowest BCUT2D eigenvalue weighted by atomic mass is 10.0. The lowest BCUT2D eigenvalue weighted by molar-refractivity contribution is 0.0994. The first-order chi connectivity index (χ1) is 5.29. The fourth-order valence-electron chi connectivity index (χ4n) is 1.32. The smallest absolute Gasteiger partial charge is 0.168 e. The van der Waals surface area contributed by atoms with Crippen molar-refractivity contribution in [1.29, 1.82) is 0 Å². The summed E-state index contributed by atoms with van der Waals surface area (Å²) in [5.74, 6) is 0.265. The molecule has 0 aromatic carbocycles. The van der Waals surface area contributed by atoms with Gasteiger partial charge in [-0.3, -0.25) is 4.79 Å². The van der Waals surface area contributed by atoms with Gasteiger partial charge in [-0.25, -0.2) is 0 Å². The van der Waals surface area contributed by atoms with Crippen LogP contribution in [0.4, 0.5) is 0 Å². The van der Waals surface area contributed by atoms with E-state index in [9.17, 15) is 4.79 Å². The molecule has 1 aliphatic rings. The number of hydrogen-bond acceptors (Lipinski definition) is 2. The highest BCUT2D eigenvalue weighted by atomic mass is 32.1. The van der Waals surface area contributed by atoms with Crippen LogP contribution in [-0.4, -0.2) is 5.78 Å². The number of aryl methyl sites for hydroxylation is 1. The van der Waals surface area contributed by atoms with Gasteiger partial charge in [0.25, 0.3) is 0 Å². The fourth-order valence-corrected chi connectivity index (χ4v) is 2.31. The molecule has 56 valence electrons. The van der Waals surface area contributed by atoms with Crippen LogP contribution in [0.5, 0.6) is 0 Å². The van der Waals surface area contributed by atoms with Gasteiger partial charge < -0.3 is 0 Å². The molecule has 0 spiro atoms. The van der Waals surface area contributed by atoms with Crippen molar-refractivity contribution in [3.05, 3.63) is 27.5 Å². The Morgan fingerprint density at radius 2 is 2.36 bits per heavy atom. The van der Waals surface area contributed by atoms with Crippen molar-refractivity contribution >= 4 is 23.2 Å². The molecule has 1 aliphatic carbocycles. The Morgan fingerprint density at radius 3 is 3.09 bits per heavy atom. The van der Waals surface area contributed by atoms with Crippen LogP contribution in [0.2, 0.25) is 0 Å². The maximum Gasteiger partial charge on any atom is 0.168 e. The molecule has 0 amide bonds. The number of ketones is 1. The fraction of sp³-hybridized carbons (Fsp3) is 0.222. The number of carbonyl (C=O) groups is 1. The molecule has 0 fully saturated rings. The summed E-state index contributed by atoms with van der Waals surface area (Å²) in [6.45, 7) is 1.99. The molecule has 1 aromatic heterocycles. The molecule has 0 radical (unpaired) electrons. The van der Waals surface area contributed by atoms with Crippen LogP contribution in [0, 0.1) is 6.92 Å². The molecule has 1 nitrogen and oxygen atoms in total. The van der Waals surface area contributed by atoms with Crippen molar-refractivity contribution in [2.45, 2.75) is 13.3 Å². The van der Waals surface area contributed by atoms with Gasteiger partial charge in [-0.05, 0) is 23.9 Å². The van der Waals surface area contributed by atoms with Gasteiger partial charge in [0.15, 0.2) is 5.78 Å². The molecule has 0 unspecified atom stereocenters. The molecule has 0 aliphatic heterocycles. The maximum absolute atomic E-state index is 11.3. The Bertz CT molecular complexity index is 333. The minimum Gasteiger partial charge on any atom is -0.294 e. The predicted octanol–water partition coefficient (Wildman–Crippen LogP) is 2.66. The number of thiophene rings is 1. The largest absolute Gasteiger partial charge is 0.294 e. The van der Waals surface area contributed by atoms with E-state index in [0.717, 1.165) is 16.0 Å². The zero-order valence-electron chi connectivity index (χ0n) is 6.26. The minimum absolute atomic E-state index is 0.265. The molecule has 11 heavy (non-hydrogen) atoms. The molecule has 1 heterocycles. The normalized spacial score (nSPS) is 15.2. The second-order valence-corrected chi connectivity index (χ2v) is 3.60. The lowest BCUT2D eigenvalue weighted by Gasteiger charge is -2.03. The second kappa shape index (κ2) is 2.31. The van der Waals surface area contributed by atoms with Gasteiger partial charge in [-0.1, -0.05) is 6.08 Å². The monoisotopic (exact) mass is 164 g/mol. The Kier molecular flexibility index (Phi) is 1.43. The Balaban J connectivity index is 2.67. The molecule has 0 N–H and O–H groups in total. The van der Waals surface area contributed by atoms with Crippen LogP contribution in [0.25, 0.3) is 6.08 Å². The average molecular weight is 164 g/mol. The van der Waals surface area contributed by atoms with Crippen LogP contribution in [-0.2, 0) is 0 Å². The maximum atomic E-state index is 11.3. The topological polar surface area (TPSA) is 17.1 Å². The van der Waals surface area contributed by atoms with Gasteiger partial charge in [-0.2, -0.15) is 0 Å². The molecular weight excluding hydrogens is 156 g/mol. The van der Waals surface area contributed by atoms with Gasteiger partial charge in [0, 0.05) is 16.9 Å². The third-order valence-electron chi connectivity index (χ3n) is 1.85. The summed E-state index contributed by atoms with van der Waals surface area (Å²) in [6.07, 6.45) is 4.54. The first kappa shape index (κ1) is 6.80. The molecule has 0 bridgehead atoms. The number of carbonyl (C=O) groups excluding carboxylic acids is 1. The predicted molar refractivity (Wildman–Crippen MR) is 47.0 cm³/mol. The van der Waals surface area contributed by atoms with Crippen LogP contribution in [0.15, 0.2) is 11.5 Å². The molecular formula is C9H8OS. The Hall–Kier alpha value is -0.890. The van der Waals surface area contributed by atoms with E-state index in [1.807, 2.05) is 24.5 Å². The van der Waals surface area contributed by atoms with Crippen molar-refractivity contribution in [2.75, 3.05) is 0 Å². The van der Waals surface area contributed by atoms with E-state index < -0.39 is 0 Å². The van der Waals surface area contributed by atoms with Gasteiger partial charge in [-0.15, -0.1) is 11.3 Å². The van der Waals surface area contributed by atoms with Crippen molar-refractivity contribution < 1.29 is 4.79 Å². The minimum atomic E-state index is 0.265. The van der Waals surface area contributed by atoms with E-state index in [1.165, 1.54) is 0 Å². The van der Waals surface area contributed by atoms with Crippen LogP contribution < -0.4 is 0 Å². The van der Waals surface area contributed by atoms with Gasteiger partial charge >= 0.3 is 0 Å². The summed E-state index contributed by atoms with van der Waals surface area (Å²) >= 11 is 1.65. The van der Waals surface area contributed by atoms with Crippen molar-refractivity contribution in [1.82, 2.24) is 0 Å². The van der Waals surface area contributed by atoms with Crippen molar-refractivity contribution in [3.8, 4) is 0 Å². The molecule has 2 rings (SSSR count). The van der Waals surface area contributed by atoms with Crippen LogP contribution in [0.3, 0.4) is 0 Å². The summed E-state index contributed by atoms with van der Waals surface area (Å²) in [5.41, 5.74) is 2.07. The number of rotatable bonds is 0. The quantitative estimate of drug-likeness (QED) is 0.576. The average Bonchev–Trinajstić information content (AvgIpc) is 2.34. The highest BCUT2D eigenvalue weighted by Gasteiger charge is 2.16. The van der Waals surface area contributed by atoms with E-state index >= 15 is 0 Å². The number of Topliss-reactive ketones (excluding diaryl/α,β-unsaturated/α-hetero) is 1. The van der Waals surface area contributed by atoms with Gasteiger partial charge in [0.1, 0.15) is 0 Å². The Morgan fingerprint density at radius 1 is 1.55 bits per heavy atom. The SMILES string of the molecule is Cc1csc2c1C(=O)CC=C2. The molecule has 2 heteroatoms. The molecule has 0 atom stereocenters. The Labute approximate surface area is 69.4 Å². The van der Waals surface area contributed by atoms with Crippen LogP contribution >= 0.6 is 11.3 Å². The third kappa shape index (κ3) is 0.942. The van der Waals surface area contributed by atoms with Crippen molar-refractivity contribution in [2.24, 2.45) is 0 Å². The molecule has 1 aromatic rings. The highest BCUT2D eigenvalue weighted by Crippen LogP contribution is 2.27. The molecule has 0 saturated heterocycles. The number of hydrogen-bond donors (Lipinski definition) is 0. The van der Waals surface area contributed by atoms with E-state index in [-0.39, 0.29) is 5.78 Å². The van der Waals surface area contributed by atoms with Gasteiger partial charge in [0.05, 0.1) is 0 Å². The summed E-state index contributed by atoms with van der Waals surface area (Å²) < 4.78 is 0. The second-order valence-electron chi connectivity index (χ2n) is 2.69. The molecule has 0 saturated carbocycles. The van der Waals surface area contributed by atoms with Crippen molar-refractivity contribution in [3.63, 3.8) is 0 Å². The van der Waals surface area contributed by atoms with E-state index in [4.69, 9.17) is 0 Å². The van der Waals surface area contributed by atoms with E-state index in [2.05, 4.69) is 0 Å². The summed E-state index contributed by atoms with van der Waals surface area (Å²) in [7, 11) is 0. The highest BCUT2D eigenvalue weighted by molar-refractivity contribution is 7.11. The summed E-state index contributed by atoms with van der Waals surface area (Å²) in [6, 6.07) is 0. The zero-order valence-corrected chi connectivity index (χ0v) is 7.07. The van der Waals surface area contributed by atoms with Crippen LogP contribution in [0.1, 0.15) is 27.2 Å². The van der Waals surface area contributed by atoms with E-state index in [0.29, 0.717) is 6.42 Å². The lowest BCUT2D eigenvalue weighted by Crippen LogP contribution is -2.02. The first-order valence-corrected chi connectivity index (χ1v) is 4.45. The zero-order chi connectivity index (χ0) is 7.84. The standard InChI is InChI=1S/C9H8OS/c1-6-5-11-8-4-2-3-7(10)9(6)8/h2,4-5H,3H2,1H3. The third-order valence-corrected chi connectivity index (χ3v) is 2.92. The first-order valence-electron chi connectivity index (χ1n) is 3.57. The number of fused-ring (bicyclic) bond motifs is 1. The van der Waals surface area contributed by atoms with E-state index in [1.54, 1.807) is 11.3 Å². The summed E-state index contributed by atoms with van der Waals surface area (Å²) in [4.78, 5) is 12.4. The summed E-state index contributed by atoms with van der Waals surface area (Å²) in [5, 5.41) is 2.04. The number of allylic oxidation sites excluding steroid dienone is 1. The van der Waals surface area contributed by atoms with Gasteiger partial charge in [0.2, 0.25) is 0 Å².